The van der Waals surface area contributed by atoms with Gasteiger partial charge in [0.05, 0.1) is 17.6 Å². The second-order valence-electron chi connectivity index (χ2n) is 11.8. The monoisotopic (exact) mass is 688 g/mol. The molecule has 49 heavy (non-hydrogen) atoms. The second kappa shape index (κ2) is 15.4. The van der Waals surface area contributed by atoms with Crippen LogP contribution >= 0.6 is 11.3 Å². The zero-order chi connectivity index (χ0) is 35.2. The van der Waals surface area contributed by atoms with Gasteiger partial charge in [-0.3, -0.25) is 14.2 Å². The van der Waals surface area contributed by atoms with Crippen molar-refractivity contribution < 1.29 is 18.4 Å². The molecule has 0 radical (unpaired) electrons. The van der Waals surface area contributed by atoms with Gasteiger partial charge in [0, 0.05) is 49.7 Å². The summed E-state index contributed by atoms with van der Waals surface area (Å²) in [5.74, 6) is -1.61. The highest BCUT2D eigenvalue weighted by Crippen LogP contribution is 2.38. The SMILES string of the molecule is CCNC(=O)Nc1ccc(-c2sc3c(c2CN(C)CCCC(=O)N(C)C)c(=O)n(-c2ccccc2)c(=O)n3Cc2c(F)cccc2F)cc1. The molecule has 2 heterocycles. The van der Waals surface area contributed by atoms with Crippen LogP contribution in [0.2, 0.25) is 0 Å². The number of nitrogens with zero attached hydrogens (tertiary/aromatic N) is 4. The van der Waals surface area contributed by atoms with E-state index in [4.69, 9.17) is 0 Å². The Morgan fingerprint density at radius 2 is 1.55 bits per heavy atom. The number of carbonyl (C=O) groups is 2. The van der Waals surface area contributed by atoms with Crippen LogP contribution in [-0.2, 0) is 17.9 Å². The van der Waals surface area contributed by atoms with Crippen molar-refractivity contribution in [3.8, 4) is 16.1 Å². The van der Waals surface area contributed by atoms with Gasteiger partial charge in [-0.2, -0.15) is 0 Å². The molecule has 0 bridgehead atoms. The van der Waals surface area contributed by atoms with E-state index in [2.05, 4.69) is 10.6 Å². The first-order chi connectivity index (χ1) is 23.5. The molecule has 0 aliphatic rings. The van der Waals surface area contributed by atoms with E-state index in [1.54, 1.807) is 73.6 Å². The maximum atomic E-state index is 15.0. The first kappa shape index (κ1) is 35.2. The van der Waals surface area contributed by atoms with E-state index in [9.17, 15) is 19.2 Å². The number of hydrogen-bond donors (Lipinski definition) is 2. The van der Waals surface area contributed by atoms with E-state index in [-0.39, 0.29) is 34.3 Å². The highest BCUT2D eigenvalue weighted by atomic mass is 32.1. The number of fused-ring (bicyclic) bond motifs is 1. The van der Waals surface area contributed by atoms with Gasteiger partial charge < -0.3 is 20.4 Å². The molecule has 0 saturated heterocycles. The van der Waals surface area contributed by atoms with Crippen molar-refractivity contribution >= 4 is 39.2 Å². The first-order valence-corrected chi connectivity index (χ1v) is 16.6. The van der Waals surface area contributed by atoms with Crippen molar-refractivity contribution in [2.24, 2.45) is 0 Å². The number of halogens is 2. The molecule has 0 unspecified atom stereocenters. The molecule has 3 amide bonds. The minimum absolute atomic E-state index is 0.00605. The number of carbonyl (C=O) groups excluding carboxylic acids is 2. The predicted octanol–water partition coefficient (Wildman–Crippen LogP) is 5.65. The van der Waals surface area contributed by atoms with E-state index >= 15 is 8.78 Å². The summed E-state index contributed by atoms with van der Waals surface area (Å²) in [6, 6.07) is 18.7. The summed E-state index contributed by atoms with van der Waals surface area (Å²) in [5.41, 5.74) is 0.626. The number of urea groups is 1. The van der Waals surface area contributed by atoms with Crippen LogP contribution < -0.4 is 21.9 Å². The third-order valence-corrected chi connectivity index (χ3v) is 9.37. The molecule has 0 aliphatic heterocycles. The molecule has 2 N–H and O–H groups in total. The number of benzene rings is 3. The number of rotatable bonds is 12. The lowest BCUT2D eigenvalue weighted by Gasteiger charge is -2.19. The van der Waals surface area contributed by atoms with E-state index in [0.717, 1.165) is 22.3 Å². The lowest BCUT2D eigenvalue weighted by Crippen LogP contribution is -2.39. The van der Waals surface area contributed by atoms with E-state index < -0.39 is 29.4 Å². The number of para-hydroxylation sites is 1. The Kier molecular flexibility index (Phi) is 11.0. The highest BCUT2D eigenvalue weighted by Gasteiger charge is 2.25. The van der Waals surface area contributed by atoms with Gasteiger partial charge in [0.25, 0.3) is 5.56 Å². The number of aromatic nitrogens is 2. The Hall–Kier alpha value is -5.14. The largest absolute Gasteiger partial charge is 0.349 e. The van der Waals surface area contributed by atoms with Crippen LogP contribution in [0.25, 0.3) is 26.3 Å². The lowest BCUT2D eigenvalue weighted by atomic mass is 10.1. The zero-order valence-corrected chi connectivity index (χ0v) is 28.6. The van der Waals surface area contributed by atoms with Gasteiger partial charge in [-0.05, 0) is 74.5 Å². The fourth-order valence-electron chi connectivity index (χ4n) is 5.55. The first-order valence-electron chi connectivity index (χ1n) is 15.8. The van der Waals surface area contributed by atoms with Gasteiger partial charge in [-0.25, -0.2) is 22.9 Å². The summed E-state index contributed by atoms with van der Waals surface area (Å²) < 4.78 is 32.3. The minimum atomic E-state index is -0.809. The number of thiophene rings is 1. The Bertz CT molecular complexity index is 2070. The Morgan fingerprint density at radius 3 is 2.18 bits per heavy atom. The van der Waals surface area contributed by atoms with Crippen molar-refractivity contribution in [1.82, 2.24) is 24.3 Å². The van der Waals surface area contributed by atoms with Gasteiger partial charge in [-0.1, -0.05) is 36.4 Å². The van der Waals surface area contributed by atoms with E-state index in [1.807, 2.05) is 18.9 Å². The van der Waals surface area contributed by atoms with Gasteiger partial charge in [-0.15, -0.1) is 11.3 Å². The van der Waals surface area contributed by atoms with Crippen LogP contribution in [0.1, 0.15) is 30.9 Å². The van der Waals surface area contributed by atoms with Crippen molar-refractivity contribution in [3.63, 3.8) is 0 Å². The standard InChI is InChI=1S/C36H38F2N6O4S/c1-5-39-35(47)40-24-18-16-23(17-19-24)32-27(21-42(4)20-10-15-30(45)41(2)3)31-33(46)44(25-11-7-6-8-12-25)36(48)43(34(31)49-32)22-26-28(37)13-9-14-29(26)38/h6-9,11-14,16-19H,5,10,15,20-22H2,1-4H3,(H2,39,40,47). The topological polar surface area (TPSA) is 109 Å². The van der Waals surface area contributed by atoms with Crippen LogP contribution in [0.15, 0.2) is 82.4 Å². The molecule has 0 atom stereocenters. The Morgan fingerprint density at radius 1 is 0.878 bits per heavy atom. The molecule has 2 aromatic heterocycles. The smallest absolute Gasteiger partial charge is 0.337 e. The molecular weight excluding hydrogens is 650 g/mol. The van der Waals surface area contributed by atoms with Crippen LogP contribution in [0.5, 0.6) is 0 Å². The summed E-state index contributed by atoms with van der Waals surface area (Å²) in [6.07, 6.45) is 0.930. The third kappa shape index (κ3) is 7.79. The van der Waals surface area contributed by atoms with Crippen LogP contribution in [0, 0.1) is 11.6 Å². The summed E-state index contributed by atoms with van der Waals surface area (Å²) in [6.45, 7) is 2.65. The average molecular weight is 689 g/mol. The zero-order valence-electron chi connectivity index (χ0n) is 27.8. The van der Waals surface area contributed by atoms with Gasteiger partial charge in [0.1, 0.15) is 16.5 Å². The molecule has 5 rings (SSSR count). The molecule has 13 heteroatoms. The Labute approximate surface area is 286 Å². The molecule has 0 spiro atoms. The number of amides is 3. The highest BCUT2D eigenvalue weighted by molar-refractivity contribution is 7.22. The number of anilines is 1. The predicted molar refractivity (Wildman–Crippen MR) is 190 cm³/mol. The van der Waals surface area contributed by atoms with Crippen molar-refractivity contribution in [1.29, 1.82) is 0 Å². The minimum Gasteiger partial charge on any atom is -0.349 e. The molecule has 3 aromatic carbocycles. The molecular formula is C36H38F2N6O4S. The summed E-state index contributed by atoms with van der Waals surface area (Å²) in [7, 11) is 5.29. The molecule has 0 saturated carbocycles. The number of nitrogens with one attached hydrogen (secondary N) is 2. The molecule has 256 valence electrons. The number of hydrogen-bond acceptors (Lipinski definition) is 6. The van der Waals surface area contributed by atoms with Crippen molar-refractivity contribution in [3.05, 3.63) is 116 Å². The van der Waals surface area contributed by atoms with Crippen molar-refractivity contribution in [2.45, 2.75) is 32.9 Å². The fourth-order valence-corrected chi connectivity index (χ4v) is 6.85. The van der Waals surface area contributed by atoms with E-state index in [0.29, 0.717) is 47.7 Å². The summed E-state index contributed by atoms with van der Waals surface area (Å²) in [5, 5.41) is 5.70. The average Bonchev–Trinajstić information content (AvgIpc) is 3.44. The lowest BCUT2D eigenvalue weighted by molar-refractivity contribution is -0.128. The van der Waals surface area contributed by atoms with E-state index in [1.165, 1.54) is 22.0 Å². The maximum absolute atomic E-state index is 15.0. The Balaban J connectivity index is 1.72. The molecule has 10 nitrogen and oxygen atoms in total. The molecule has 0 fully saturated rings. The van der Waals surface area contributed by atoms with Gasteiger partial charge in [0.2, 0.25) is 5.91 Å². The molecule has 0 aliphatic carbocycles. The second-order valence-corrected chi connectivity index (χ2v) is 12.8. The molecule has 5 aromatic rings. The maximum Gasteiger partial charge on any atom is 0.337 e. The third-order valence-electron chi connectivity index (χ3n) is 8.06. The van der Waals surface area contributed by atoms with Crippen molar-refractivity contribution in [2.75, 3.05) is 39.5 Å². The summed E-state index contributed by atoms with van der Waals surface area (Å²) in [4.78, 5) is 57.4. The fraction of sp³-hybridized carbons (Fsp3) is 0.278. The summed E-state index contributed by atoms with van der Waals surface area (Å²) >= 11 is 1.19. The van der Waals surface area contributed by atoms with Gasteiger partial charge in [0.15, 0.2) is 0 Å². The quantitative estimate of drug-likeness (QED) is 0.176. The van der Waals surface area contributed by atoms with Crippen LogP contribution in [0.4, 0.5) is 19.3 Å². The van der Waals surface area contributed by atoms with Crippen LogP contribution in [-0.4, -0.2) is 65.1 Å². The van der Waals surface area contributed by atoms with Crippen LogP contribution in [0.3, 0.4) is 0 Å². The normalized spacial score (nSPS) is 11.2. The van der Waals surface area contributed by atoms with Gasteiger partial charge >= 0.3 is 11.7 Å².